The SMILES string of the molecule is Cc1nc(C2CCNCC2)cc(N2CCC(C(=O)NCc3ccco3)CC2)n1. The van der Waals surface area contributed by atoms with Gasteiger partial charge in [-0.15, -0.1) is 0 Å². The monoisotopic (exact) mass is 383 g/mol. The fraction of sp³-hybridized carbons (Fsp3) is 0.571. The summed E-state index contributed by atoms with van der Waals surface area (Å²) < 4.78 is 5.28. The summed E-state index contributed by atoms with van der Waals surface area (Å²) in [6.45, 7) is 6.24. The second-order valence-corrected chi connectivity index (χ2v) is 7.78. The van der Waals surface area contributed by atoms with Crippen molar-refractivity contribution in [1.29, 1.82) is 0 Å². The highest BCUT2D eigenvalue weighted by Crippen LogP contribution is 2.28. The molecule has 2 aromatic heterocycles. The molecule has 0 radical (unpaired) electrons. The number of hydrogen-bond acceptors (Lipinski definition) is 6. The number of piperidine rings is 2. The lowest BCUT2D eigenvalue weighted by Crippen LogP contribution is -2.40. The van der Waals surface area contributed by atoms with Crippen LogP contribution in [0.15, 0.2) is 28.9 Å². The highest BCUT2D eigenvalue weighted by atomic mass is 16.3. The number of nitrogens with zero attached hydrogens (tertiary/aromatic N) is 3. The van der Waals surface area contributed by atoms with Crippen LogP contribution in [-0.4, -0.2) is 42.1 Å². The second-order valence-electron chi connectivity index (χ2n) is 7.78. The van der Waals surface area contributed by atoms with Gasteiger partial charge in [-0.2, -0.15) is 0 Å². The van der Waals surface area contributed by atoms with Gasteiger partial charge in [-0.25, -0.2) is 9.97 Å². The summed E-state index contributed by atoms with van der Waals surface area (Å²) in [6, 6.07) is 5.88. The fourth-order valence-corrected chi connectivity index (χ4v) is 4.17. The summed E-state index contributed by atoms with van der Waals surface area (Å²) in [5.74, 6) is 3.32. The fourth-order valence-electron chi connectivity index (χ4n) is 4.17. The van der Waals surface area contributed by atoms with Crippen molar-refractivity contribution in [3.63, 3.8) is 0 Å². The molecule has 0 aliphatic carbocycles. The van der Waals surface area contributed by atoms with E-state index in [9.17, 15) is 4.79 Å². The van der Waals surface area contributed by atoms with Crippen LogP contribution in [0.2, 0.25) is 0 Å². The van der Waals surface area contributed by atoms with Gasteiger partial charge < -0.3 is 20.0 Å². The summed E-state index contributed by atoms with van der Waals surface area (Å²) in [7, 11) is 0. The standard InChI is InChI=1S/C21H29N5O2/c1-15-24-19(16-4-8-22-9-5-16)13-20(25-15)26-10-6-17(7-11-26)21(27)23-14-18-3-2-12-28-18/h2-3,12-13,16-17,22H,4-11,14H2,1H3,(H,23,27). The van der Waals surface area contributed by atoms with Gasteiger partial charge >= 0.3 is 0 Å². The number of carbonyl (C=O) groups is 1. The molecule has 2 aliphatic rings. The maximum Gasteiger partial charge on any atom is 0.223 e. The molecule has 150 valence electrons. The Morgan fingerprint density at radius 2 is 2.04 bits per heavy atom. The Bertz CT molecular complexity index is 778. The predicted molar refractivity (Wildman–Crippen MR) is 107 cm³/mol. The largest absolute Gasteiger partial charge is 0.467 e. The van der Waals surface area contributed by atoms with E-state index in [4.69, 9.17) is 9.40 Å². The van der Waals surface area contributed by atoms with E-state index in [2.05, 4.69) is 26.6 Å². The van der Waals surface area contributed by atoms with Crippen molar-refractivity contribution in [2.45, 2.75) is 45.1 Å². The zero-order chi connectivity index (χ0) is 19.3. The quantitative estimate of drug-likeness (QED) is 0.825. The number of anilines is 1. The topological polar surface area (TPSA) is 83.3 Å². The molecular weight excluding hydrogens is 354 g/mol. The molecule has 4 heterocycles. The van der Waals surface area contributed by atoms with Crippen molar-refractivity contribution in [3.8, 4) is 0 Å². The van der Waals surface area contributed by atoms with Gasteiger partial charge in [0.05, 0.1) is 12.8 Å². The number of hydrogen-bond donors (Lipinski definition) is 2. The summed E-state index contributed by atoms with van der Waals surface area (Å²) in [6.07, 6.45) is 5.58. The Hall–Kier alpha value is -2.41. The van der Waals surface area contributed by atoms with Crippen molar-refractivity contribution >= 4 is 11.7 Å². The third-order valence-corrected chi connectivity index (χ3v) is 5.81. The zero-order valence-electron chi connectivity index (χ0n) is 16.5. The Morgan fingerprint density at radius 1 is 1.25 bits per heavy atom. The lowest BCUT2D eigenvalue weighted by Gasteiger charge is -2.33. The van der Waals surface area contributed by atoms with Gasteiger partial charge in [-0.05, 0) is 57.8 Å². The molecule has 2 fully saturated rings. The zero-order valence-corrected chi connectivity index (χ0v) is 16.5. The van der Waals surface area contributed by atoms with E-state index in [1.54, 1.807) is 6.26 Å². The molecule has 2 aromatic rings. The van der Waals surface area contributed by atoms with Crippen LogP contribution in [0.5, 0.6) is 0 Å². The first-order chi connectivity index (χ1) is 13.7. The molecule has 7 nitrogen and oxygen atoms in total. The Labute approximate surface area is 165 Å². The minimum absolute atomic E-state index is 0.0537. The van der Waals surface area contributed by atoms with Crippen LogP contribution >= 0.6 is 0 Å². The minimum atomic E-state index is 0.0537. The van der Waals surface area contributed by atoms with Crippen LogP contribution in [0.25, 0.3) is 0 Å². The van der Waals surface area contributed by atoms with E-state index in [1.807, 2.05) is 19.1 Å². The first-order valence-electron chi connectivity index (χ1n) is 10.3. The Morgan fingerprint density at radius 3 is 2.75 bits per heavy atom. The summed E-state index contributed by atoms with van der Waals surface area (Å²) >= 11 is 0. The maximum atomic E-state index is 12.4. The van der Waals surface area contributed by atoms with Crippen molar-refractivity contribution in [3.05, 3.63) is 41.7 Å². The van der Waals surface area contributed by atoms with Crippen molar-refractivity contribution < 1.29 is 9.21 Å². The average molecular weight is 383 g/mol. The van der Waals surface area contributed by atoms with E-state index in [1.165, 1.54) is 5.69 Å². The van der Waals surface area contributed by atoms with Crippen LogP contribution in [0.4, 0.5) is 5.82 Å². The minimum Gasteiger partial charge on any atom is -0.467 e. The summed E-state index contributed by atoms with van der Waals surface area (Å²) in [5, 5.41) is 6.40. The van der Waals surface area contributed by atoms with E-state index in [0.717, 1.165) is 69.3 Å². The first kappa shape index (κ1) is 18.9. The molecule has 0 bridgehead atoms. The van der Waals surface area contributed by atoms with Gasteiger partial charge in [0, 0.05) is 36.7 Å². The smallest absolute Gasteiger partial charge is 0.223 e. The third-order valence-electron chi connectivity index (χ3n) is 5.81. The number of amides is 1. The molecule has 0 aromatic carbocycles. The van der Waals surface area contributed by atoms with Crippen LogP contribution < -0.4 is 15.5 Å². The number of rotatable bonds is 5. The number of aryl methyl sites for hydroxylation is 1. The molecular formula is C21H29N5O2. The van der Waals surface area contributed by atoms with Gasteiger partial charge in [-0.3, -0.25) is 4.79 Å². The first-order valence-corrected chi connectivity index (χ1v) is 10.3. The molecule has 2 saturated heterocycles. The van der Waals surface area contributed by atoms with Gasteiger partial charge in [0.1, 0.15) is 17.4 Å². The Balaban J connectivity index is 1.34. The van der Waals surface area contributed by atoms with Gasteiger partial charge in [0.15, 0.2) is 0 Å². The molecule has 2 aliphatic heterocycles. The number of nitrogens with one attached hydrogen (secondary N) is 2. The molecule has 1 amide bonds. The van der Waals surface area contributed by atoms with Crippen LogP contribution in [-0.2, 0) is 11.3 Å². The number of furan rings is 1. The lowest BCUT2D eigenvalue weighted by atomic mass is 9.93. The average Bonchev–Trinajstić information content (AvgIpc) is 3.26. The predicted octanol–water partition coefficient (Wildman–Crippen LogP) is 2.38. The Kier molecular flexibility index (Phi) is 5.90. The van der Waals surface area contributed by atoms with Crippen LogP contribution in [0.3, 0.4) is 0 Å². The van der Waals surface area contributed by atoms with Crippen LogP contribution in [0, 0.1) is 12.8 Å². The van der Waals surface area contributed by atoms with E-state index >= 15 is 0 Å². The normalized spacial score (nSPS) is 19.0. The van der Waals surface area contributed by atoms with E-state index in [0.29, 0.717) is 12.5 Å². The van der Waals surface area contributed by atoms with E-state index < -0.39 is 0 Å². The summed E-state index contributed by atoms with van der Waals surface area (Å²) in [5.41, 5.74) is 1.17. The van der Waals surface area contributed by atoms with Crippen molar-refractivity contribution in [2.75, 3.05) is 31.1 Å². The number of carbonyl (C=O) groups excluding carboxylic acids is 1. The third kappa shape index (κ3) is 4.52. The van der Waals surface area contributed by atoms with E-state index in [-0.39, 0.29) is 11.8 Å². The second kappa shape index (κ2) is 8.73. The van der Waals surface area contributed by atoms with Gasteiger partial charge in [0.2, 0.25) is 5.91 Å². The van der Waals surface area contributed by atoms with Crippen molar-refractivity contribution in [1.82, 2.24) is 20.6 Å². The molecule has 0 saturated carbocycles. The lowest BCUT2D eigenvalue weighted by molar-refractivity contribution is -0.125. The maximum absolute atomic E-state index is 12.4. The highest BCUT2D eigenvalue weighted by molar-refractivity contribution is 5.78. The van der Waals surface area contributed by atoms with Gasteiger partial charge in [0.25, 0.3) is 0 Å². The molecule has 28 heavy (non-hydrogen) atoms. The molecule has 4 rings (SSSR count). The van der Waals surface area contributed by atoms with Gasteiger partial charge in [-0.1, -0.05) is 0 Å². The molecule has 2 N–H and O–H groups in total. The molecule has 7 heteroatoms. The molecule has 0 atom stereocenters. The molecule has 0 unspecified atom stereocenters. The molecule has 0 spiro atoms. The highest BCUT2D eigenvalue weighted by Gasteiger charge is 2.26. The van der Waals surface area contributed by atoms with Crippen molar-refractivity contribution in [2.24, 2.45) is 5.92 Å². The van der Waals surface area contributed by atoms with Crippen LogP contribution in [0.1, 0.15) is 48.9 Å². The summed E-state index contributed by atoms with van der Waals surface area (Å²) in [4.78, 5) is 24.1. The number of aromatic nitrogens is 2.